The first kappa shape index (κ1) is 12.5. The highest BCUT2D eigenvalue weighted by molar-refractivity contribution is 5.95. The molecule has 0 spiro atoms. The van der Waals surface area contributed by atoms with E-state index >= 15 is 0 Å². The fourth-order valence-corrected chi connectivity index (χ4v) is 3.20. The number of rotatable bonds is 1. The van der Waals surface area contributed by atoms with Gasteiger partial charge in [-0.15, -0.1) is 0 Å². The summed E-state index contributed by atoms with van der Waals surface area (Å²) < 4.78 is 0. The molecule has 1 aliphatic carbocycles. The molecule has 1 heterocycles. The average Bonchev–Trinajstić information content (AvgIpc) is 2.38. The van der Waals surface area contributed by atoms with Crippen molar-refractivity contribution in [2.45, 2.75) is 51.4 Å². The highest BCUT2D eigenvalue weighted by atomic mass is 16.1. The van der Waals surface area contributed by atoms with Crippen LogP contribution in [-0.4, -0.2) is 5.91 Å². The molecule has 3 rings (SSSR count). The number of hydrogen-bond acceptors (Lipinski definition) is 1. The second-order valence-corrected chi connectivity index (χ2v) is 6.34. The van der Waals surface area contributed by atoms with Gasteiger partial charge in [0.15, 0.2) is 0 Å². The van der Waals surface area contributed by atoms with E-state index in [9.17, 15) is 4.79 Å². The Kier molecular flexibility index (Phi) is 2.96. The molecule has 1 aromatic rings. The molecule has 1 aromatic carbocycles. The van der Waals surface area contributed by atoms with Crippen molar-refractivity contribution in [2.75, 3.05) is 5.32 Å². The van der Waals surface area contributed by atoms with Gasteiger partial charge in [-0.1, -0.05) is 26.0 Å². The molecule has 19 heavy (non-hydrogen) atoms. The summed E-state index contributed by atoms with van der Waals surface area (Å²) in [5.74, 6) is 0.127. The largest absolute Gasteiger partial charge is 0.326 e. The third-order valence-corrected chi connectivity index (χ3v) is 4.29. The second-order valence-electron chi connectivity index (χ2n) is 6.34. The zero-order valence-electron chi connectivity index (χ0n) is 11.8. The molecule has 0 saturated heterocycles. The lowest BCUT2D eigenvalue weighted by Crippen LogP contribution is -2.32. The van der Waals surface area contributed by atoms with E-state index in [-0.39, 0.29) is 11.3 Å². The van der Waals surface area contributed by atoms with Crippen LogP contribution in [0.1, 0.15) is 57.1 Å². The first-order valence-electron chi connectivity index (χ1n) is 7.20. The van der Waals surface area contributed by atoms with Crippen LogP contribution in [0.3, 0.4) is 0 Å². The minimum Gasteiger partial charge on any atom is -0.326 e. The van der Waals surface area contributed by atoms with Crippen molar-refractivity contribution < 1.29 is 4.79 Å². The van der Waals surface area contributed by atoms with Gasteiger partial charge in [0.25, 0.3) is 0 Å². The van der Waals surface area contributed by atoms with Gasteiger partial charge in [-0.25, -0.2) is 0 Å². The standard InChI is InChI=1S/C17H21NO/c1-17(2)11-16(19)18-15-9-8-13(10-14(15)17)12-6-4-3-5-7-12/h6,8-10H,3-5,7,11H2,1-2H3,(H,18,19). The Morgan fingerprint density at radius 3 is 2.79 bits per heavy atom. The number of carbonyl (C=O) groups excluding carboxylic acids is 1. The molecule has 0 unspecified atom stereocenters. The van der Waals surface area contributed by atoms with E-state index in [1.165, 1.54) is 42.4 Å². The number of anilines is 1. The van der Waals surface area contributed by atoms with E-state index in [2.05, 4.69) is 43.4 Å². The quantitative estimate of drug-likeness (QED) is 0.798. The number of allylic oxidation sites excluding steroid dienone is 2. The molecule has 0 atom stereocenters. The van der Waals surface area contributed by atoms with Gasteiger partial charge in [0.1, 0.15) is 0 Å². The van der Waals surface area contributed by atoms with Crippen molar-refractivity contribution in [3.05, 3.63) is 35.4 Å². The van der Waals surface area contributed by atoms with E-state index in [1.807, 2.05) is 0 Å². The number of amides is 1. The summed E-state index contributed by atoms with van der Waals surface area (Å²) in [4.78, 5) is 11.7. The summed E-state index contributed by atoms with van der Waals surface area (Å²) in [6.07, 6.45) is 7.94. The van der Waals surface area contributed by atoms with Crippen molar-refractivity contribution in [1.82, 2.24) is 0 Å². The predicted molar refractivity (Wildman–Crippen MR) is 79.2 cm³/mol. The Balaban J connectivity index is 2.03. The Morgan fingerprint density at radius 1 is 1.21 bits per heavy atom. The molecular weight excluding hydrogens is 234 g/mol. The van der Waals surface area contributed by atoms with Crippen molar-refractivity contribution in [3.8, 4) is 0 Å². The van der Waals surface area contributed by atoms with Crippen LogP contribution in [-0.2, 0) is 10.2 Å². The summed E-state index contributed by atoms with van der Waals surface area (Å²) in [5, 5.41) is 2.99. The molecule has 2 aliphatic rings. The smallest absolute Gasteiger partial charge is 0.225 e. The number of nitrogens with one attached hydrogen (secondary N) is 1. The maximum atomic E-state index is 11.7. The van der Waals surface area contributed by atoms with E-state index in [0.29, 0.717) is 6.42 Å². The lowest BCUT2D eigenvalue weighted by Gasteiger charge is -2.32. The second kappa shape index (κ2) is 4.52. The van der Waals surface area contributed by atoms with Gasteiger partial charge in [0, 0.05) is 17.5 Å². The van der Waals surface area contributed by atoms with Gasteiger partial charge >= 0.3 is 0 Å². The monoisotopic (exact) mass is 255 g/mol. The van der Waals surface area contributed by atoms with E-state index in [4.69, 9.17) is 0 Å². The zero-order valence-corrected chi connectivity index (χ0v) is 11.8. The third kappa shape index (κ3) is 2.32. The van der Waals surface area contributed by atoms with Gasteiger partial charge in [0.2, 0.25) is 5.91 Å². The first-order chi connectivity index (χ1) is 9.06. The van der Waals surface area contributed by atoms with Gasteiger partial charge in [0.05, 0.1) is 0 Å². The Labute approximate surface area is 114 Å². The topological polar surface area (TPSA) is 29.1 Å². The van der Waals surface area contributed by atoms with Crippen LogP contribution in [0.25, 0.3) is 5.57 Å². The molecule has 1 N–H and O–H groups in total. The van der Waals surface area contributed by atoms with E-state index in [0.717, 1.165) is 5.69 Å². The van der Waals surface area contributed by atoms with Gasteiger partial charge < -0.3 is 5.32 Å². The molecule has 2 nitrogen and oxygen atoms in total. The van der Waals surface area contributed by atoms with Crippen molar-refractivity contribution in [3.63, 3.8) is 0 Å². The third-order valence-electron chi connectivity index (χ3n) is 4.29. The number of benzene rings is 1. The Hall–Kier alpha value is -1.57. The van der Waals surface area contributed by atoms with E-state index in [1.54, 1.807) is 0 Å². The van der Waals surface area contributed by atoms with Crippen LogP contribution >= 0.6 is 0 Å². The molecule has 1 amide bonds. The van der Waals surface area contributed by atoms with Crippen LogP contribution in [0, 0.1) is 0 Å². The molecule has 0 fully saturated rings. The fourth-order valence-electron chi connectivity index (χ4n) is 3.20. The zero-order chi connectivity index (χ0) is 13.5. The highest BCUT2D eigenvalue weighted by Crippen LogP contribution is 2.39. The number of hydrogen-bond donors (Lipinski definition) is 1. The minimum atomic E-state index is -0.0666. The Bertz CT molecular complexity index is 554. The summed E-state index contributed by atoms with van der Waals surface area (Å²) in [7, 11) is 0. The molecule has 2 heteroatoms. The number of fused-ring (bicyclic) bond motifs is 1. The highest BCUT2D eigenvalue weighted by Gasteiger charge is 2.32. The molecule has 0 saturated carbocycles. The summed E-state index contributed by atoms with van der Waals surface area (Å²) in [6.45, 7) is 4.31. The van der Waals surface area contributed by atoms with Gasteiger partial charge in [-0.2, -0.15) is 0 Å². The lowest BCUT2D eigenvalue weighted by atomic mass is 9.76. The molecule has 1 aliphatic heterocycles. The molecule has 0 aromatic heterocycles. The van der Waals surface area contributed by atoms with Crippen molar-refractivity contribution >= 4 is 17.2 Å². The van der Waals surface area contributed by atoms with E-state index < -0.39 is 0 Å². The maximum absolute atomic E-state index is 11.7. The fraction of sp³-hybridized carbons (Fsp3) is 0.471. The summed E-state index contributed by atoms with van der Waals surface area (Å²) in [5.41, 5.74) is 5.00. The van der Waals surface area contributed by atoms with Crippen LogP contribution in [0.15, 0.2) is 24.3 Å². The molecular formula is C17H21NO. The SMILES string of the molecule is CC1(C)CC(=O)Nc2ccc(C3=CCCCC3)cc21. The van der Waals surface area contributed by atoms with Crippen molar-refractivity contribution in [1.29, 1.82) is 0 Å². The summed E-state index contributed by atoms with van der Waals surface area (Å²) in [6, 6.07) is 6.50. The Morgan fingerprint density at radius 2 is 2.05 bits per heavy atom. The molecule has 0 bridgehead atoms. The van der Waals surface area contributed by atoms with Crippen LogP contribution in [0.2, 0.25) is 0 Å². The number of carbonyl (C=O) groups is 1. The van der Waals surface area contributed by atoms with Crippen LogP contribution < -0.4 is 5.32 Å². The maximum Gasteiger partial charge on any atom is 0.225 e. The van der Waals surface area contributed by atoms with Crippen LogP contribution in [0.4, 0.5) is 5.69 Å². The predicted octanol–water partition coefficient (Wildman–Crippen LogP) is 4.26. The van der Waals surface area contributed by atoms with Crippen LogP contribution in [0.5, 0.6) is 0 Å². The molecule has 0 radical (unpaired) electrons. The van der Waals surface area contributed by atoms with Gasteiger partial charge in [-0.3, -0.25) is 4.79 Å². The lowest BCUT2D eigenvalue weighted by molar-refractivity contribution is -0.117. The van der Waals surface area contributed by atoms with Crippen molar-refractivity contribution in [2.24, 2.45) is 0 Å². The molecule has 100 valence electrons. The first-order valence-corrected chi connectivity index (χ1v) is 7.20. The average molecular weight is 255 g/mol. The minimum absolute atomic E-state index is 0.0666. The summed E-state index contributed by atoms with van der Waals surface area (Å²) >= 11 is 0. The normalized spacial score (nSPS) is 21.4. The van der Waals surface area contributed by atoms with Gasteiger partial charge in [-0.05, 0) is 54.5 Å².